The topological polar surface area (TPSA) is 57.2 Å². The van der Waals surface area contributed by atoms with Gasteiger partial charge in [-0.2, -0.15) is 0 Å². The summed E-state index contributed by atoms with van der Waals surface area (Å²) in [6.45, 7) is 1.55. The van der Waals surface area contributed by atoms with E-state index in [1.54, 1.807) is 0 Å². The minimum atomic E-state index is -1.07. The van der Waals surface area contributed by atoms with Gasteiger partial charge in [0, 0.05) is 0 Å². The zero-order valence-corrected chi connectivity index (χ0v) is 17.4. The fraction of sp³-hybridized carbons (Fsp3) is 0.308. The molecule has 1 N–H and O–H groups in total. The monoisotopic (exact) mass is 420 g/mol. The van der Waals surface area contributed by atoms with Gasteiger partial charge in [-0.25, -0.2) is 0 Å². The fourth-order valence-electron chi connectivity index (χ4n) is 3.62. The predicted octanol–water partition coefficient (Wildman–Crippen LogP) is 4.09. The van der Waals surface area contributed by atoms with Crippen LogP contribution in [0, 0.1) is 0 Å². The van der Waals surface area contributed by atoms with Crippen molar-refractivity contribution in [1.82, 2.24) is 0 Å². The molecule has 1 heterocycles. The first-order valence-electron chi connectivity index (χ1n) is 10.6. The average Bonchev–Trinajstić information content (AvgIpc) is 3.12. The van der Waals surface area contributed by atoms with Gasteiger partial charge in [0.25, 0.3) is 0 Å². The SMILES string of the molecule is O[C@H]1O[C@@H](COCc2ccccc2)[C@H](OCc2ccccc2)[C@@H]1OCc1ccccc1. The average molecular weight is 421 g/mol. The van der Waals surface area contributed by atoms with Crippen molar-refractivity contribution in [3.05, 3.63) is 108 Å². The van der Waals surface area contributed by atoms with E-state index >= 15 is 0 Å². The van der Waals surface area contributed by atoms with Crippen molar-refractivity contribution in [3.63, 3.8) is 0 Å². The Morgan fingerprint density at radius 1 is 0.613 bits per heavy atom. The summed E-state index contributed by atoms with van der Waals surface area (Å²) in [5, 5.41) is 10.5. The van der Waals surface area contributed by atoms with Crippen LogP contribution < -0.4 is 0 Å². The molecule has 4 rings (SSSR count). The summed E-state index contributed by atoms with van der Waals surface area (Å²) in [5.41, 5.74) is 3.16. The van der Waals surface area contributed by atoms with Gasteiger partial charge < -0.3 is 24.1 Å². The van der Waals surface area contributed by atoms with Gasteiger partial charge in [0.15, 0.2) is 6.29 Å². The molecule has 162 valence electrons. The van der Waals surface area contributed by atoms with Gasteiger partial charge in [0.1, 0.15) is 18.3 Å². The molecule has 3 aromatic rings. The van der Waals surface area contributed by atoms with Gasteiger partial charge in [0.2, 0.25) is 0 Å². The number of aliphatic hydroxyl groups is 1. The van der Waals surface area contributed by atoms with Crippen molar-refractivity contribution in [2.75, 3.05) is 6.61 Å². The molecular weight excluding hydrogens is 392 g/mol. The van der Waals surface area contributed by atoms with Crippen LogP contribution in [0.25, 0.3) is 0 Å². The van der Waals surface area contributed by atoms with Gasteiger partial charge in [-0.3, -0.25) is 0 Å². The van der Waals surface area contributed by atoms with Crippen molar-refractivity contribution in [2.45, 2.75) is 44.4 Å². The van der Waals surface area contributed by atoms with Crippen molar-refractivity contribution < 1.29 is 24.1 Å². The lowest BCUT2D eigenvalue weighted by Crippen LogP contribution is -2.39. The molecule has 0 bridgehead atoms. The van der Waals surface area contributed by atoms with E-state index in [9.17, 15) is 5.11 Å². The van der Waals surface area contributed by atoms with Gasteiger partial charge in [-0.1, -0.05) is 91.0 Å². The molecule has 1 aliphatic rings. The lowest BCUT2D eigenvalue weighted by molar-refractivity contribution is -0.153. The van der Waals surface area contributed by atoms with Crippen LogP contribution >= 0.6 is 0 Å². The quantitative estimate of drug-likeness (QED) is 0.535. The van der Waals surface area contributed by atoms with E-state index in [1.165, 1.54) is 0 Å². The fourth-order valence-corrected chi connectivity index (χ4v) is 3.62. The van der Waals surface area contributed by atoms with E-state index in [-0.39, 0.29) is 0 Å². The van der Waals surface area contributed by atoms with Gasteiger partial charge in [-0.15, -0.1) is 0 Å². The second kappa shape index (κ2) is 11.2. The van der Waals surface area contributed by atoms with E-state index in [2.05, 4.69) is 0 Å². The van der Waals surface area contributed by atoms with E-state index in [4.69, 9.17) is 18.9 Å². The Hall–Kier alpha value is -2.54. The minimum absolute atomic E-state index is 0.302. The summed E-state index contributed by atoms with van der Waals surface area (Å²) in [7, 11) is 0. The zero-order chi connectivity index (χ0) is 21.3. The summed E-state index contributed by atoms with van der Waals surface area (Å²) in [6.07, 6.45) is -2.55. The molecule has 0 unspecified atom stereocenters. The van der Waals surface area contributed by atoms with Crippen LogP contribution in [0.2, 0.25) is 0 Å². The van der Waals surface area contributed by atoms with Crippen molar-refractivity contribution in [1.29, 1.82) is 0 Å². The van der Waals surface area contributed by atoms with Crippen molar-refractivity contribution >= 4 is 0 Å². The second-order valence-electron chi connectivity index (χ2n) is 7.59. The number of rotatable bonds is 10. The summed E-state index contributed by atoms with van der Waals surface area (Å²) >= 11 is 0. The van der Waals surface area contributed by atoms with E-state index in [0.717, 1.165) is 16.7 Å². The molecule has 0 radical (unpaired) electrons. The highest BCUT2D eigenvalue weighted by molar-refractivity contribution is 5.15. The highest BCUT2D eigenvalue weighted by Gasteiger charge is 2.45. The highest BCUT2D eigenvalue weighted by Crippen LogP contribution is 2.28. The Morgan fingerprint density at radius 2 is 1.06 bits per heavy atom. The molecular formula is C26H28O5. The lowest BCUT2D eigenvalue weighted by Gasteiger charge is -2.24. The van der Waals surface area contributed by atoms with E-state index in [0.29, 0.717) is 26.4 Å². The number of benzene rings is 3. The van der Waals surface area contributed by atoms with Crippen LogP contribution in [0.4, 0.5) is 0 Å². The zero-order valence-electron chi connectivity index (χ0n) is 17.4. The van der Waals surface area contributed by atoms with E-state index < -0.39 is 24.6 Å². The molecule has 0 aromatic heterocycles. The largest absolute Gasteiger partial charge is 0.374 e. The Morgan fingerprint density at radius 3 is 1.58 bits per heavy atom. The molecule has 0 amide bonds. The number of hydrogen-bond acceptors (Lipinski definition) is 5. The maximum Gasteiger partial charge on any atom is 0.184 e. The molecule has 0 aliphatic carbocycles. The highest BCUT2D eigenvalue weighted by atomic mass is 16.7. The van der Waals surface area contributed by atoms with Crippen LogP contribution in [0.5, 0.6) is 0 Å². The normalized spacial score (nSPS) is 23.1. The Balaban J connectivity index is 1.39. The molecule has 0 spiro atoms. The summed E-state index contributed by atoms with van der Waals surface area (Å²) in [5.74, 6) is 0. The van der Waals surface area contributed by atoms with Crippen LogP contribution in [0.3, 0.4) is 0 Å². The number of hydrogen-bond donors (Lipinski definition) is 1. The smallest absolute Gasteiger partial charge is 0.184 e. The molecule has 1 saturated heterocycles. The molecule has 5 heteroatoms. The van der Waals surface area contributed by atoms with Crippen LogP contribution in [-0.4, -0.2) is 36.3 Å². The molecule has 1 aliphatic heterocycles. The molecule has 5 nitrogen and oxygen atoms in total. The Bertz CT molecular complexity index is 887. The van der Waals surface area contributed by atoms with Crippen molar-refractivity contribution in [3.8, 4) is 0 Å². The predicted molar refractivity (Wildman–Crippen MR) is 117 cm³/mol. The Kier molecular flexibility index (Phi) is 7.82. The number of ether oxygens (including phenoxy) is 4. The van der Waals surface area contributed by atoms with Crippen LogP contribution in [0.15, 0.2) is 91.0 Å². The van der Waals surface area contributed by atoms with Crippen LogP contribution in [0.1, 0.15) is 16.7 Å². The first-order valence-corrected chi connectivity index (χ1v) is 10.6. The van der Waals surface area contributed by atoms with Crippen molar-refractivity contribution in [2.24, 2.45) is 0 Å². The maximum atomic E-state index is 10.5. The maximum absolute atomic E-state index is 10.5. The third-order valence-electron chi connectivity index (χ3n) is 5.25. The first-order chi connectivity index (χ1) is 15.3. The van der Waals surface area contributed by atoms with Gasteiger partial charge in [-0.05, 0) is 16.7 Å². The third kappa shape index (κ3) is 6.23. The third-order valence-corrected chi connectivity index (χ3v) is 5.25. The molecule has 31 heavy (non-hydrogen) atoms. The first kappa shape index (κ1) is 21.7. The summed E-state index contributed by atoms with van der Waals surface area (Å²) in [4.78, 5) is 0. The molecule has 4 atom stereocenters. The molecule has 3 aromatic carbocycles. The standard InChI is InChI=1S/C26H28O5/c27-26-25(30-18-22-14-8-3-9-15-22)24(29-17-21-12-6-2-7-13-21)23(31-26)19-28-16-20-10-4-1-5-11-20/h1-15,23-27H,16-19H2/t23-,24-,25-,26-/m0/s1. The van der Waals surface area contributed by atoms with E-state index in [1.807, 2.05) is 91.0 Å². The summed E-state index contributed by atoms with van der Waals surface area (Å²) < 4.78 is 23.9. The van der Waals surface area contributed by atoms with Crippen LogP contribution in [-0.2, 0) is 38.8 Å². The minimum Gasteiger partial charge on any atom is -0.374 e. The van der Waals surface area contributed by atoms with Gasteiger partial charge in [0.05, 0.1) is 26.4 Å². The molecule has 1 fully saturated rings. The second-order valence-corrected chi connectivity index (χ2v) is 7.59. The molecule has 0 saturated carbocycles. The summed E-state index contributed by atoms with van der Waals surface area (Å²) in [6, 6.07) is 29.8. The van der Waals surface area contributed by atoms with Gasteiger partial charge >= 0.3 is 0 Å². The lowest BCUT2D eigenvalue weighted by atomic mass is 10.1. The Labute approximate surface area is 183 Å². The number of aliphatic hydroxyl groups excluding tert-OH is 1.